The average molecular weight is 300 g/mol. The van der Waals surface area contributed by atoms with Gasteiger partial charge in [0.05, 0.1) is 11.9 Å². The molecule has 5 heteroatoms. The fourth-order valence-corrected chi connectivity index (χ4v) is 4.04. The summed E-state index contributed by atoms with van der Waals surface area (Å²) < 4.78 is 10.7. The third kappa shape index (κ3) is 4.37. The first kappa shape index (κ1) is 16.8. The molecule has 1 unspecified atom stereocenters. The van der Waals surface area contributed by atoms with E-state index in [4.69, 9.17) is 8.92 Å². The molecule has 0 aromatic heterocycles. The molecule has 2 nitrogen and oxygen atoms in total. The van der Waals surface area contributed by atoms with Crippen molar-refractivity contribution in [3.63, 3.8) is 0 Å². The van der Waals surface area contributed by atoms with Crippen LogP contribution in [-0.4, -0.2) is 38.1 Å². The van der Waals surface area contributed by atoms with Gasteiger partial charge in [0.25, 0.3) is 0 Å². The maximum Gasteiger partial charge on any atom is 0.156 e. The average Bonchev–Trinajstić information content (AvgIpc) is 2.38. The van der Waals surface area contributed by atoms with Gasteiger partial charge < -0.3 is 8.92 Å². The van der Waals surface area contributed by atoms with E-state index in [0.29, 0.717) is 0 Å². The Kier molecular flexibility index (Phi) is 6.15. The van der Waals surface area contributed by atoms with Crippen molar-refractivity contribution in [2.24, 2.45) is 0 Å². The van der Waals surface area contributed by atoms with E-state index >= 15 is 0 Å². The molecule has 0 aliphatic carbocycles. The molecule has 0 heterocycles. The second-order valence-corrected chi connectivity index (χ2v) is 10.3. The molecular weight excluding hydrogens is 275 g/mol. The Balaban J connectivity index is 2.59. The van der Waals surface area contributed by atoms with Gasteiger partial charge in [0, 0.05) is 0 Å². The highest BCUT2D eigenvalue weighted by Gasteiger charge is 2.32. The quantitative estimate of drug-likeness (QED) is 0.474. The van der Waals surface area contributed by atoms with Crippen molar-refractivity contribution >= 4 is 30.8 Å². The largest absolute Gasteiger partial charge is 0.496 e. The van der Waals surface area contributed by atoms with E-state index in [-0.39, 0.29) is 4.83 Å². The van der Waals surface area contributed by atoms with Crippen LogP contribution in [-0.2, 0) is 10.6 Å². The van der Waals surface area contributed by atoms with Gasteiger partial charge in [0.1, 0.15) is 5.75 Å². The first-order valence-electron chi connectivity index (χ1n) is 6.49. The number of para-hydroxylation sites is 1. The lowest BCUT2D eigenvalue weighted by Crippen LogP contribution is -2.34. The zero-order valence-corrected chi connectivity index (χ0v) is 14.3. The second-order valence-electron chi connectivity index (χ2n) is 5.65. The number of thiol groups is 1. The summed E-state index contributed by atoms with van der Waals surface area (Å²) in [6.07, 6.45) is 6.81. The van der Waals surface area contributed by atoms with Crippen LogP contribution in [0.2, 0.25) is 0 Å². The molecule has 0 bridgehead atoms. The van der Waals surface area contributed by atoms with E-state index < -0.39 is 10.0 Å². The maximum atomic E-state index is 5.39. The van der Waals surface area contributed by atoms with Gasteiger partial charge in [-0.15, -0.1) is 0 Å². The highest BCUT2D eigenvalue weighted by Crippen LogP contribution is 2.53. The first-order valence-corrected chi connectivity index (χ1v) is 9.47. The third-order valence-electron chi connectivity index (χ3n) is 3.84. The monoisotopic (exact) mass is 300 g/mol. The molecule has 0 N–H and O–H groups in total. The fourth-order valence-electron chi connectivity index (χ4n) is 1.88. The van der Waals surface area contributed by atoms with Crippen LogP contribution in [0.4, 0.5) is 0 Å². The summed E-state index contributed by atoms with van der Waals surface area (Å²) >= 11 is 4.02. The Bertz CT molecular complexity index is 408. The molecule has 1 aromatic rings. The lowest BCUT2D eigenvalue weighted by molar-refractivity contribution is 0.322. The standard InChI is InChI=1S/C14H25BO2S2/c1-14(15,17-18)19(3,4)11-7-9-12-8-5-6-10-13(12)16-2/h5-6,8,10,18H,7,9,11,15H2,1-4H3. The number of methoxy groups -OCH3 is 1. The van der Waals surface area contributed by atoms with E-state index in [2.05, 4.69) is 52.3 Å². The topological polar surface area (TPSA) is 18.5 Å². The summed E-state index contributed by atoms with van der Waals surface area (Å²) in [5, 5.41) is 0. The van der Waals surface area contributed by atoms with Gasteiger partial charge in [-0.3, -0.25) is 0 Å². The van der Waals surface area contributed by atoms with Crippen LogP contribution in [0, 0.1) is 0 Å². The smallest absolute Gasteiger partial charge is 0.156 e. The minimum atomic E-state index is -0.839. The normalized spacial score (nSPS) is 15.8. The molecule has 19 heavy (non-hydrogen) atoms. The second kappa shape index (κ2) is 6.96. The Morgan fingerprint density at radius 2 is 1.95 bits per heavy atom. The van der Waals surface area contributed by atoms with Crippen LogP contribution in [0.1, 0.15) is 18.9 Å². The van der Waals surface area contributed by atoms with Crippen LogP contribution >= 0.6 is 22.9 Å². The molecule has 1 rings (SSSR count). The summed E-state index contributed by atoms with van der Waals surface area (Å²) in [6.45, 7) is 2.12. The van der Waals surface area contributed by atoms with E-state index in [0.717, 1.165) is 18.6 Å². The predicted octanol–water partition coefficient (Wildman–Crippen LogP) is 2.86. The molecular formula is C14H25BO2S2. The number of ether oxygens (including phenoxy) is 1. The zero-order chi connectivity index (χ0) is 14.5. The Labute approximate surface area is 125 Å². The highest BCUT2D eigenvalue weighted by atomic mass is 32.3. The molecule has 108 valence electrons. The number of aryl methyl sites for hydroxylation is 1. The third-order valence-corrected chi connectivity index (χ3v) is 8.48. The molecule has 0 fully saturated rings. The van der Waals surface area contributed by atoms with Crippen molar-refractivity contribution in [3.05, 3.63) is 29.8 Å². The first-order chi connectivity index (χ1) is 8.84. The summed E-state index contributed by atoms with van der Waals surface area (Å²) in [5.41, 5.74) is 1.28. The lowest BCUT2D eigenvalue weighted by atomic mass is 10.0. The van der Waals surface area contributed by atoms with Gasteiger partial charge in [-0.25, -0.2) is 10.0 Å². The SMILES string of the molecule is BC(C)(OS)S(C)(C)CCCc1ccccc1OC. The number of hydrogen-bond donors (Lipinski definition) is 1. The molecule has 1 aromatic carbocycles. The van der Waals surface area contributed by atoms with Gasteiger partial charge in [-0.1, -0.05) is 18.2 Å². The summed E-state index contributed by atoms with van der Waals surface area (Å²) in [4.78, 5) is -0.156. The Hall–Kier alpha value is -0.255. The fraction of sp³-hybridized carbons (Fsp3) is 0.571. The summed E-state index contributed by atoms with van der Waals surface area (Å²) in [7, 11) is 3.01. The van der Waals surface area contributed by atoms with Crippen LogP contribution < -0.4 is 4.74 Å². The molecule has 0 radical (unpaired) electrons. The minimum absolute atomic E-state index is 0.156. The van der Waals surface area contributed by atoms with Crippen molar-refractivity contribution < 1.29 is 8.92 Å². The van der Waals surface area contributed by atoms with Crippen LogP contribution in [0.5, 0.6) is 5.75 Å². The van der Waals surface area contributed by atoms with Crippen molar-refractivity contribution in [1.29, 1.82) is 0 Å². The Morgan fingerprint density at radius 1 is 1.32 bits per heavy atom. The van der Waals surface area contributed by atoms with Crippen molar-refractivity contribution in [2.45, 2.75) is 24.6 Å². The summed E-state index contributed by atoms with van der Waals surface area (Å²) in [5.74, 6) is 2.15. The minimum Gasteiger partial charge on any atom is -0.496 e. The van der Waals surface area contributed by atoms with Gasteiger partial charge >= 0.3 is 0 Å². The molecule has 0 aliphatic rings. The molecule has 0 spiro atoms. The predicted molar refractivity (Wildman–Crippen MR) is 92.6 cm³/mol. The van der Waals surface area contributed by atoms with Gasteiger partial charge in [-0.05, 0) is 62.6 Å². The molecule has 0 amide bonds. The lowest BCUT2D eigenvalue weighted by Gasteiger charge is -2.45. The number of benzene rings is 1. The van der Waals surface area contributed by atoms with Crippen LogP contribution in [0.25, 0.3) is 0 Å². The number of rotatable bonds is 7. The van der Waals surface area contributed by atoms with E-state index in [1.54, 1.807) is 7.11 Å². The van der Waals surface area contributed by atoms with Crippen LogP contribution in [0.15, 0.2) is 24.3 Å². The zero-order valence-electron chi connectivity index (χ0n) is 12.6. The van der Waals surface area contributed by atoms with E-state index in [9.17, 15) is 0 Å². The molecule has 0 saturated heterocycles. The van der Waals surface area contributed by atoms with Crippen molar-refractivity contribution in [1.82, 2.24) is 0 Å². The van der Waals surface area contributed by atoms with Gasteiger partial charge in [0.15, 0.2) is 7.85 Å². The highest BCUT2D eigenvalue weighted by molar-refractivity contribution is 8.34. The van der Waals surface area contributed by atoms with Crippen molar-refractivity contribution in [2.75, 3.05) is 25.4 Å². The Morgan fingerprint density at radius 3 is 2.53 bits per heavy atom. The van der Waals surface area contributed by atoms with E-state index in [1.165, 1.54) is 11.3 Å². The number of hydrogen-bond acceptors (Lipinski definition) is 3. The molecule has 0 saturated carbocycles. The van der Waals surface area contributed by atoms with Crippen molar-refractivity contribution in [3.8, 4) is 5.75 Å². The molecule has 1 atom stereocenters. The maximum absolute atomic E-state index is 5.39. The summed E-state index contributed by atoms with van der Waals surface area (Å²) in [6, 6.07) is 8.24. The molecule has 0 aliphatic heterocycles. The van der Waals surface area contributed by atoms with Gasteiger partial charge in [0.2, 0.25) is 0 Å². The van der Waals surface area contributed by atoms with Gasteiger partial charge in [-0.2, -0.15) is 0 Å². The van der Waals surface area contributed by atoms with Crippen LogP contribution in [0.3, 0.4) is 0 Å². The van der Waals surface area contributed by atoms with E-state index in [1.807, 2.05) is 12.1 Å².